The van der Waals surface area contributed by atoms with Gasteiger partial charge in [0.15, 0.2) is 5.75 Å². The van der Waals surface area contributed by atoms with Crippen LogP contribution in [0.5, 0.6) is 5.75 Å². The number of hydrogen-bond acceptors (Lipinski definition) is 4. The zero-order valence-electron chi connectivity index (χ0n) is 14.0. The van der Waals surface area contributed by atoms with Gasteiger partial charge in [0.25, 0.3) is 0 Å². The first-order chi connectivity index (χ1) is 13.6. The highest BCUT2D eigenvalue weighted by atomic mass is 35.5. The number of anilines is 2. The maximum absolute atomic E-state index is 13.2. The van der Waals surface area contributed by atoms with Crippen molar-refractivity contribution in [3.8, 4) is 5.75 Å². The van der Waals surface area contributed by atoms with E-state index in [4.69, 9.17) is 23.2 Å². The van der Waals surface area contributed by atoms with Crippen molar-refractivity contribution in [3.05, 3.63) is 52.0 Å². The number of benzene rings is 2. The van der Waals surface area contributed by atoms with Gasteiger partial charge in [0, 0.05) is 11.4 Å². The summed E-state index contributed by atoms with van der Waals surface area (Å²) in [4.78, 5) is 11.9. The van der Waals surface area contributed by atoms with Crippen molar-refractivity contribution in [2.24, 2.45) is 0 Å². The Morgan fingerprint density at radius 2 is 1.40 bits per heavy atom. The van der Waals surface area contributed by atoms with E-state index in [2.05, 4.69) is 9.50 Å². The normalized spacial score (nSPS) is 12.4. The summed E-state index contributed by atoms with van der Waals surface area (Å²) in [5.74, 6) is -1.62. The van der Waals surface area contributed by atoms with Crippen molar-refractivity contribution in [1.29, 1.82) is 0 Å². The molecule has 15 heteroatoms. The molecule has 0 atom stereocenters. The number of amides is 2. The third-order valence-electron chi connectivity index (χ3n) is 3.20. The summed E-state index contributed by atoms with van der Waals surface area (Å²) in [6.45, 7) is 0. The van der Waals surface area contributed by atoms with Crippen LogP contribution >= 0.6 is 23.2 Å². The van der Waals surface area contributed by atoms with Gasteiger partial charge in [-0.15, -0.1) is 0 Å². The second-order valence-corrected chi connectivity index (χ2v) is 7.75. The molecule has 0 radical (unpaired) electrons. The fourth-order valence-electron chi connectivity index (χ4n) is 1.93. The molecule has 0 spiro atoms. The molecule has 2 rings (SSSR count). The van der Waals surface area contributed by atoms with E-state index in [1.165, 1.54) is 18.2 Å². The van der Waals surface area contributed by atoms with Crippen LogP contribution in [0.3, 0.4) is 0 Å². The molecule has 0 saturated heterocycles. The van der Waals surface area contributed by atoms with Crippen LogP contribution in [-0.2, 0) is 16.3 Å². The molecule has 0 aliphatic heterocycles. The lowest BCUT2D eigenvalue weighted by molar-refractivity contribution is -0.138. The van der Waals surface area contributed by atoms with E-state index >= 15 is 0 Å². The number of carbonyl (C=O) groups is 1. The van der Waals surface area contributed by atoms with Gasteiger partial charge in [0.1, 0.15) is 5.56 Å². The van der Waals surface area contributed by atoms with Crippen molar-refractivity contribution in [3.63, 3.8) is 0 Å². The Morgan fingerprint density at radius 1 is 0.867 bits per heavy atom. The van der Waals surface area contributed by atoms with E-state index in [-0.39, 0.29) is 21.8 Å². The number of halogens is 8. The molecule has 2 amide bonds. The fourth-order valence-corrected chi connectivity index (χ4v) is 2.71. The second-order valence-electron chi connectivity index (χ2n) is 5.40. The standard InChI is InChI=1S/C15H8Cl2F6N2O4S/c16-10-3-1-8(6-11(10)17)25-13(26)24-7-2-4-12(9(5-7)14(18,19)20)29-30(27,28)15(21,22)23/h1-6H,(H2,24,25,26). The van der Waals surface area contributed by atoms with E-state index in [1.807, 2.05) is 5.32 Å². The molecule has 2 N–H and O–H groups in total. The van der Waals surface area contributed by atoms with Gasteiger partial charge in [-0.25, -0.2) is 4.79 Å². The Hall–Kier alpha value is -2.38. The fraction of sp³-hybridized carbons (Fsp3) is 0.133. The number of urea groups is 1. The lowest BCUT2D eigenvalue weighted by atomic mass is 10.1. The zero-order valence-corrected chi connectivity index (χ0v) is 16.4. The summed E-state index contributed by atoms with van der Waals surface area (Å²) in [6, 6.07) is 4.14. The van der Waals surface area contributed by atoms with Gasteiger partial charge in [-0.2, -0.15) is 34.8 Å². The summed E-state index contributed by atoms with van der Waals surface area (Å²) in [5.41, 5.74) is -8.18. The van der Waals surface area contributed by atoms with Crippen molar-refractivity contribution in [2.75, 3.05) is 10.6 Å². The number of rotatable bonds is 4. The second kappa shape index (κ2) is 8.40. The minimum atomic E-state index is -6.34. The van der Waals surface area contributed by atoms with Gasteiger partial charge in [0.05, 0.1) is 10.0 Å². The predicted octanol–water partition coefficient (Wildman–Crippen LogP) is 5.88. The summed E-state index contributed by atoms with van der Waals surface area (Å²) in [6.07, 6.45) is -5.30. The minimum Gasteiger partial charge on any atom is -0.375 e. The van der Waals surface area contributed by atoms with Crippen LogP contribution in [-0.4, -0.2) is 20.0 Å². The molecule has 0 aliphatic rings. The largest absolute Gasteiger partial charge is 0.534 e. The van der Waals surface area contributed by atoms with Crippen LogP contribution < -0.4 is 14.8 Å². The summed E-state index contributed by atoms with van der Waals surface area (Å²) in [5, 5.41) is 4.51. The Morgan fingerprint density at radius 3 is 1.90 bits per heavy atom. The van der Waals surface area contributed by atoms with Gasteiger partial charge in [-0.3, -0.25) is 0 Å². The Balaban J connectivity index is 2.28. The highest BCUT2D eigenvalue weighted by Gasteiger charge is 2.49. The van der Waals surface area contributed by atoms with Crippen molar-refractivity contribution in [2.45, 2.75) is 11.7 Å². The van der Waals surface area contributed by atoms with Gasteiger partial charge in [0.2, 0.25) is 0 Å². The SMILES string of the molecule is O=C(Nc1ccc(Cl)c(Cl)c1)Nc1ccc(OS(=O)(=O)C(F)(F)F)c(C(F)(F)F)c1. The number of nitrogens with one attached hydrogen (secondary N) is 2. The third-order valence-corrected chi connectivity index (χ3v) is 4.91. The summed E-state index contributed by atoms with van der Waals surface area (Å²) < 4.78 is 102. The van der Waals surface area contributed by atoms with Gasteiger partial charge < -0.3 is 14.8 Å². The van der Waals surface area contributed by atoms with Crippen LogP contribution in [0.1, 0.15) is 5.56 Å². The molecule has 0 saturated carbocycles. The van der Waals surface area contributed by atoms with E-state index < -0.39 is 44.8 Å². The van der Waals surface area contributed by atoms with Crippen LogP contribution in [0.15, 0.2) is 36.4 Å². The molecule has 0 fully saturated rings. The van der Waals surface area contributed by atoms with Gasteiger partial charge in [-0.05, 0) is 36.4 Å². The van der Waals surface area contributed by atoms with Crippen LogP contribution in [0.25, 0.3) is 0 Å². The molecule has 0 aliphatic carbocycles. The van der Waals surface area contributed by atoms with E-state index in [9.17, 15) is 39.6 Å². The maximum atomic E-state index is 13.2. The molecule has 0 bridgehead atoms. The van der Waals surface area contributed by atoms with E-state index in [0.29, 0.717) is 12.1 Å². The topological polar surface area (TPSA) is 84.5 Å². The quantitative estimate of drug-likeness (QED) is 0.314. The molecular weight excluding hydrogens is 489 g/mol. The van der Waals surface area contributed by atoms with Crippen LogP contribution in [0.2, 0.25) is 10.0 Å². The minimum absolute atomic E-state index is 0.0844. The Bertz CT molecular complexity index is 1070. The highest BCUT2D eigenvalue weighted by Crippen LogP contribution is 2.40. The molecule has 30 heavy (non-hydrogen) atoms. The molecule has 2 aromatic carbocycles. The monoisotopic (exact) mass is 496 g/mol. The Kier molecular flexibility index (Phi) is 6.69. The molecule has 0 unspecified atom stereocenters. The third kappa shape index (κ3) is 5.83. The summed E-state index contributed by atoms with van der Waals surface area (Å²) >= 11 is 11.5. The van der Waals surface area contributed by atoms with E-state index in [0.717, 1.165) is 0 Å². The predicted molar refractivity (Wildman–Crippen MR) is 96.2 cm³/mol. The maximum Gasteiger partial charge on any atom is 0.534 e. The lowest BCUT2D eigenvalue weighted by Crippen LogP contribution is -2.29. The summed E-state index contributed by atoms with van der Waals surface area (Å²) in [7, 11) is -6.34. The van der Waals surface area contributed by atoms with Crippen molar-refractivity contribution < 1.29 is 43.7 Å². The molecule has 2 aromatic rings. The van der Waals surface area contributed by atoms with Crippen molar-refractivity contribution >= 4 is 50.7 Å². The Labute approximate surface area is 174 Å². The highest BCUT2D eigenvalue weighted by molar-refractivity contribution is 7.88. The molecule has 6 nitrogen and oxygen atoms in total. The smallest absolute Gasteiger partial charge is 0.375 e. The first kappa shape index (κ1) is 23.9. The number of alkyl halides is 6. The average molecular weight is 497 g/mol. The molecular formula is C15H8Cl2F6N2O4S. The lowest BCUT2D eigenvalue weighted by Gasteiger charge is -2.16. The number of carbonyl (C=O) groups excluding carboxylic acids is 1. The van der Waals surface area contributed by atoms with Crippen molar-refractivity contribution in [1.82, 2.24) is 0 Å². The van der Waals surface area contributed by atoms with Crippen LogP contribution in [0.4, 0.5) is 42.5 Å². The molecule has 0 heterocycles. The van der Waals surface area contributed by atoms with Crippen LogP contribution in [0, 0.1) is 0 Å². The van der Waals surface area contributed by atoms with Gasteiger partial charge >= 0.3 is 27.8 Å². The number of hydrogen-bond donors (Lipinski definition) is 2. The molecule has 164 valence electrons. The average Bonchev–Trinajstić information content (AvgIpc) is 2.57. The van der Waals surface area contributed by atoms with Gasteiger partial charge in [-0.1, -0.05) is 23.2 Å². The first-order valence-electron chi connectivity index (χ1n) is 7.35. The van der Waals surface area contributed by atoms with E-state index in [1.54, 1.807) is 0 Å². The molecule has 0 aromatic heterocycles. The zero-order chi connectivity index (χ0) is 22.9. The first-order valence-corrected chi connectivity index (χ1v) is 9.51.